The van der Waals surface area contributed by atoms with Gasteiger partial charge in [-0.05, 0) is 97.5 Å². The van der Waals surface area contributed by atoms with Crippen molar-refractivity contribution in [3.63, 3.8) is 0 Å². The molecule has 1 atom stereocenters. The molecule has 0 aromatic heterocycles. The van der Waals surface area contributed by atoms with Gasteiger partial charge < -0.3 is 14.7 Å². The molecule has 1 unspecified atom stereocenters. The lowest BCUT2D eigenvalue weighted by atomic mass is 9.78. The lowest BCUT2D eigenvalue weighted by Gasteiger charge is -2.40. The quantitative estimate of drug-likeness (QED) is 0.534. The number of hydrogen-bond acceptors (Lipinski definition) is 3. The second-order valence-corrected chi connectivity index (χ2v) is 9.93. The fourth-order valence-corrected chi connectivity index (χ4v) is 5.94. The van der Waals surface area contributed by atoms with Crippen molar-refractivity contribution in [2.75, 3.05) is 6.61 Å². The number of aliphatic carboxylic acids is 1. The highest BCUT2D eigenvalue weighted by molar-refractivity contribution is 5.83. The predicted octanol–water partition coefficient (Wildman–Crippen LogP) is 6.43. The Bertz CT molecular complexity index is 1170. The van der Waals surface area contributed by atoms with Gasteiger partial charge in [0.05, 0.1) is 13.0 Å². The summed E-state index contributed by atoms with van der Waals surface area (Å²) in [6, 6.07) is 1.94. The first-order valence-electron chi connectivity index (χ1n) is 12.4. The van der Waals surface area contributed by atoms with Crippen LogP contribution in [-0.4, -0.2) is 28.6 Å². The summed E-state index contributed by atoms with van der Waals surface area (Å²) in [5.74, 6) is -0.885. The number of halogens is 1. The summed E-state index contributed by atoms with van der Waals surface area (Å²) in [4.78, 5) is 14.3. The SMILES string of the molecule is C=C1Cc2c(C)c(CC(=O)O)c(-c3cc(F)c4c(c3C)CCCO4)c(C)c2CN1C(C)CCC. The van der Waals surface area contributed by atoms with Crippen LogP contribution in [0.4, 0.5) is 4.39 Å². The molecule has 2 aliphatic rings. The van der Waals surface area contributed by atoms with Crippen LogP contribution in [0.3, 0.4) is 0 Å². The van der Waals surface area contributed by atoms with Crippen LogP contribution in [0, 0.1) is 26.6 Å². The largest absolute Gasteiger partial charge is 0.490 e. The number of carboxylic acid groups (broad SMARTS) is 1. The van der Waals surface area contributed by atoms with Gasteiger partial charge in [-0.3, -0.25) is 4.79 Å². The van der Waals surface area contributed by atoms with Crippen molar-refractivity contribution in [2.45, 2.75) is 85.7 Å². The molecule has 0 saturated carbocycles. The number of fused-ring (bicyclic) bond motifs is 2. The summed E-state index contributed by atoms with van der Waals surface area (Å²) in [5.41, 5.74) is 9.88. The summed E-state index contributed by atoms with van der Waals surface area (Å²) in [6.45, 7) is 16.2. The molecule has 2 aromatic rings. The van der Waals surface area contributed by atoms with Gasteiger partial charge in [-0.1, -0.05) is 19.9 Å². The Hall–Kier alpha value is -2.82. The fourth-order valence-electron chi connectivity index (χ4n) is 5.94. The van der Waals surface area contributed by atoms with E-state index in [1.165, 1.54) is 11.1 Å². The molecule has 0 fully saturated rings. The van der Waals surface area contributed by atoms with Crippen LogP contribution < -0.4 is 4.74 Å². The fraction of sp³-hybridized carbons (Fsp3) is 0.483. The molecular formula is C29H36FNO3. The van der Waals surface area contributed by atoms with E-state index in [4.69, 9.17) is 4.74 Å². The van der Waals surface area contributed by atoms with Crippen LogP contribution in [0.5, 0.6) is 5.75 Å². The van der Waals surface area contributed by atoms with Crippen LogP contribution in [0.2, 0.25) is 0 Å². The molecule has 0 radical (unpaired) electrons. The summed E-state index contributed by atoms with van der Waals surface area (Å²) in [5, 5.41) is 9.78. The minimum absolute atomic E-state index is 0.0909. The normalized spacial score (nSPS) is 16.1. The molecule has 2 aliphatic heterocycles. The molecule has 1 N–H and O–H groups in total. The van der Waals surface area contributed by atoms with E-state index in [1.807, 2.05) is 13.8 Å². The summed E-state index contributed by atoms with van der Waals surface area (Å²) < 4.78 is 20.9. The Morgan fingerprint density at radius 3 is 2.62 bits per heavy atom. The third kappa shape index (κ3) is 4.10. The maximum atomic E-state index is 15.2. The molecule has 2 heterocycles. The number of ether oxygens (including phenoxy) is 1. The summed E-state index contributed by atoms with van der Waals surface area (Å²) in [7, 11) is 0. The first kappa shape index (κ1) is 24.3. The van der Waals surface area contributed by atoms with E-state index in [1.54, 1.807) is 6.07 Å². The molecule has 0 spiro atoms. The number of rotatable bonds is 6. The van der Waals surface area contributed by atoms with Gasteiger partial charge in [0.15, 0.2) is 11.6 Å². The van der Waals surface area contributed by atoms with Crippen LogP contribution in [0.25, 0.3) is 11.1 Å². The van der Waals surface area contributed by atoms with Gasteiger partial charge in [-0.25, -0.2) is 4.39 Å². The first-order valence-corrected chi connectivity index (χ1v) is 12.4. The van der Waals surface area contributed by atoms with Crippen LogP contribution in [0.1, 0.15) is 72.1 Å². The van der Waals surface area contributed by atoms with Gasteiger partial charge in [-0.15, -0.1) is 0 Å². The second-order valence-electron chi connectivity index (χ2n) is 9.93. The van der Waals surface area contributed by atoms with Gasteiger partial charge in [-0.2, -0.15) is 0 Å². The molecule has 4 nitrogen and oxygen atoms in total. The molecule has 34 heavy (non-hydrogen) atoms. The summed E-state index contributed by atoms with van der Waals surface area (Å²) in [6.07, 6.45) is 4.44. The first-order chi connectivity index (χ1) is 16.1. The highest BCUT2D eigenvalue weighted by atomic mass is 19.1. The Kier molecular flexibility index (Phi) is 6.75. The minimum Gasteiger partial charge on any atom is -0.490 e. The lowest BCUT2D eigenvalue weighted by Crippen LogP contribution is -2.36. The van der Waals surface area contributed by atoms with Crippen molar-refractivity contribution < 1.29 is 19.0 Å². The van der Waals surface area contributed by atoms with Crippen molar-refractivity contribution in [1.82, 2.24) is 4.90 Å². The van der Waals surface area contributed by atoms with Crippen LogP contribution in [0.15, 0.2) is 18.3 Å². The number of hydrogen-bond donors (Lipinski definition) is 1. The Labute approximate surface area is 202 Å². The van der Waals surface area contributed by atoms with E-state index in [-0.39, 0.29) is 12.2 Å². The van der Waals surface area contributed by atoms with Gasteiger partial charge in [0.1, 0.15) is 0 Å². The highest BCUT2D eigenvalue weighted by Crippen LogP contribution is 2.44. The van der Waals surface area contributed by atoms with Crippen molar-refractivity contribution >= 4 is 5.97 Å². The number of carbonyl (C=O) groups is 1. The van der Waals surface area contributed by atoms with Crippen LogP contribution >= 0.6 is 0 Å². The highest BCUT2D eigenvalue weighted by Gasteiger charge is 2.31. The zero-order valence-electron chi connectivity index (χ0n) is 21.1. The van der Waals surface area contributed by atoms with Gasteiger partial charge in [0.2, 0.25) is 0 Å². The molecule has 0 amide bonds. The topological polar surface area (TPSA) is 49.8 Å². The lowest BCUT2D eigenvalue weighted by molar-refractivity contribution is -0.136. The average molecular weight is 466 g/mol. The Balaban J connectivity index is 1.96. The molecule has 0 saturated heterocycles. The predicted molar refractivity (Wildman–Crippen MR) is 134 cm³/mol. The minimum atomic E-state index is -0.879. The Morgan fingerprint density at radius 2 is 1.94 bits per heavy atom. The van der Waals surface area contributed by atoms with E-state index >= 15 is 4.39 Å². The molecule has 4 rings (SSSR count). The standard InChI is InChI=1S/C29H36FNO3/c1-7-9-16(2)31-15-25-20(6)28(24(14-27(32)33)19(5)22(25)12-17(31)3)23-13-26(30)29-21(18(23)4)10-8-11-34-29/h13,16H,3,7-12,14-15H2,1-2,4-6H3,(H,32,33). The zero-order chi connectivity index (χ0) is 24.7. The van der Waals surface area contributed by atoms with Gasteiger partial charge in [0.25, 0.3) is 0 Å². The van der Waals surface area contributed by atoms with Crippen molar-refractivity contribution in [1.29, 1.82) is 0 Å². The van der Waals surface area contributed by atoms with E-state index in [2.05, 4.69) is 32.3 Å². The van der Waals surface area contributed by atoms with Crippen molar-refractivity contribution in [2.24, 2.45) is 0 Å². The molecule has 0 aliphatic carbocycles. The van der Waals surface area contributed by atoms with E-state index in [9.17, 15) is 9.90 Å². The third-order valence-electron chi connectivity index (χ3n) is 7.79. The van der Waals surface area contributed by atoms with Gasteiger partial charge >= 0.3 is 5.97 Å². The smallest absolute Gasteiger partial charge is 0.307 e. The van der Waals surface area contributed by atoms with E-state index < -0.39 is 5.97 Å². The number of benzene rings is 2. The van der Waals surface area contributed by atoms with Gasteiger partial charge in [0, 0.05) is 30.3 Å². The molecular weight excluding hydrogens is 429 g/mol. The van der Waals surface area contributed by atoms with Crippen molar-refractivity contribution in [3.8, 4) is 16.9 Å². The second kappa shape index (κ2) is 9.44. The number of carboxylic acids is 1. The van der Waals surface area contributed by atoms with Crippen molar-refractivity contribution in [3.05, 3.63) is 63.1 Å². The monoisotopic (exact) mass is 465 g/mol. The summed E-state index contributed by atoms with van der Waals surface area (Å²) >= 11 is 0. The molecule has 2 aromatic carbocycles. The molecule has 5 heteroatoms. The maximum absolute atomic E-state index is 15.2. The molecule has 0 bridgehead atoms. The maximum Gasteiger partial charge on any atom is 0.307 e. The zero-order valence-corrected chi connectivity index (χ0v) is 21.1. The number of allylic oxidation sites excluding steroid dienone is 1. The average Bonchev–Trinajstić information content (AvgIpc) is 2.80. The van der Waals surface area contributed by atoms with E-state index in [0.717, 1.165) is 76.9 Å². The third-order valence-corrected chi connectivity index (χ3v) is 7.79. The Morgan fingerprint density at radius 1 is 1.21 bits per heavy atom. The van der Waals surface area contributed by atoms with E-state index in [0.29, 0.717) is 24.8 Å². The number of nitrogens with zero attached hydrogens (tertiary/aromatic N) is 1. The molecule has 182 valence electrons. The van der Waals surface area contributed by atoms with Crippen LogP contribution in [-0.2, 0) is 30.6 Å².